The third kappa shape index (κ3) is 3.57. The van der Waals surface area contributed by atoms with Crippen LogP contribution in [0.25, 0.3) is 10.9 Å². The third-order valence-electron chi connectivity index (χ3n) is 4.61. The van der Waals surface area contributed by atoms with E-state index in [0.29, 0.717) is 11.5 Å². The van der Waals surface area contributed by atoms with Crippen LogP contribution < -0.4 is 0 Å². The molecule has 1 aromatic heterocycles. The van der Waals surface area contributed by atoms with Gasteiger partial charge in [-0.15, -0.1) is 0 Å². The van der Waals surface area contributed by atoms with Gasteiger partial charge < -0.3 is 0 Å². The number of benzene rings is 1. The molecule has 0 spiro atoms. The van der Waals surface area contributed by atoms with Crippen molar-refractivity contribution >= 4 is 16.7 Å². The molecule has 6 heteroatoms. The van der Waals surface area contributed by atoms with E-state index in [9.17, 15) is 18.0 Å². The summed E-state index contributed by atoms with van der Waals surface area (Å²) in [7, 11) is 0. The van der Waals surface area contributed by atoms with Crippen LogP contribution in [-0.4, -0.2) is 21.7 Å². The Hall–Kier alpha value is -1.85. The van der Waals surface area contributed by atoms with Crippen LogP contribution >= 0.6 is 0 Å². The molecular weight excluding hydrogens is 305 g/mol. The van der Waals surface area contributed by atoms with Crippen molar-refractivity contribution in [3.8, 4) is 0 Å². The van der Waals surface area contributed by atoms with E-state index in [1.807, 2.05) is 10.9 Å². The lowest BCUT2D eigenvalue weighted by molar-refractivity contribution is -0.133. The van der Waals surface area contributed by atoms with Crippen molar-refractivity contribution in [1.82, 2.24) is 9.78 Å². The lowest BCUT2D eigenvalue weighted by Crippen LogP contribution is -2.18. The van der Waals surface area contributed by atoms with Gasteiger partial charge in [0, 0.05) is 30.1 Å². The molecule has 3 rings (SSSR count). The second-order valence-corrected chi connectivity index (χ2v) is 6.36. The van der Waals surface area contributed by atoms with Gasteiger partial charge in [-0.1, -0.05) is 6.42 Å². The molecule has 0 saturated heterocycles. The minimum atomic E-state index is -4.30. The molecule has 0 bridgehead atoms. The van der Waals surface area contributed by atoms with Crippen LogP contribution in [0.1, 0.15) is 48.0 Å². The second kappa shape index (κ2) is 5.98. The van der Waals surface area contributed by atoms with E-state index < -0.39 is 24.8 Å². The highest BCUT2D eigenvalue weighted by molar-refractivity contribution is 6.01. The molecule has 1 heterocycles. The van der Waals surface area contributed by atoms with Crippen molar-refractivity contribution in [1.29, 1.82) is 0 Å². The Kier molecular flexibility index (Phi) is 4.17. The average molecular weight is 324 g/mol. The molecule has 1 aliphatic carbocycles. The Bertz CT molecular complexity index is 729. The zero-order valence-electron chi connectivity index (χ0n) is 13.0. The molecule has 0 N–H and O–H groups in total. The number of hydrogen-bond donors (Lipinski definition) is 0. The summed E-state index contributed by atoms with van der Waals surface area (Å²) in [6.07, 6.45) is -0.282. The van der Waals surface area contributed by atoms with E-state index in [4.69, 9.17) is 0 Å². The number of rotatable bonds is 5. The molecule has 3 nitrogen and oxygen atoms in total. The van der Waals surface area contributed by atoms with Crippen LogP contribution in [0.2, 0.25) is 0 Å². The highest BCUT2D eigenvalue weighted by atomic mass is 19.4. The zero-order chi connectivity index (χ0) is 16.6. The molecule has 1 aromatic carbocycles. The highest BCUT2D eigenvalue weighted by Crippen LogP contribution is 2.29. The molecule has 0 amide bonds. The minimum absolute atomic E-state index is 0.366. The van der Waals surface area contributed by atoms with E-state index in [1.165, 1.54) is 19.3 Å². The summed E-state index contributed by atoms with van der Waals surface area (Å²) in [4.78, 5) is 12.1. The summed E-state index contributed by atoms with van der Waals surface area (Å²) in [5, 5.41) is 5.36. The number of carbonyl (C=O) groups is 1. The second-order valence-electron chi connectivity index (χ2n) is 6.36. The number of Topliss-reactive ketones (excluding diaryl/α,β-unsaturated/α-hetero) is 1. The van der Waals surface area contributed by atoms with Gasteiger partial charge >= 0.3 is 6.18 Å². The Morgan fingerprint density at radius 2 is 2.09 bits per heavy atom. The number of carbonyl (C=O) groups excluding carboxylic acids is 1. The SMILES string of the molecule is Cc1c(C(=O)CCC(F)(F)F)ccc2nn(CC3CCC3)cc12. The monoisotopic (exact) mass is 324 g/mol. The topological polar surface area (TPSA) is 34.9 Å². The van der Waals surface area contributed by atoms with Crippen LogP contribution in [-0.2, 0) is 6.54 Å². The molecule has 1 saturated carbocycles. The van der Waals surface area contributed by atoms with Crippen LogP contribution in [0.4, 0.5) is 13.2 Å². The van der Waals surface area contributed by atoms with Crippen molar-refractivity contribution < 1.29 is 18.0 Å². The quantitative estimate of drug-likeness (QED) is 0.749. The average Bonchev–Trinajstić information content (AvgIpc) is 2.84. The summed E-state index contributed by atoms with van der Waals surface area (Å²) in [5.41, 5.74) is 1.87. The molecule has 1 aliphatic rings. The van der Waals surface area contributed by atoms with Gasteiger partial charge in [0.2, 0.25) is 0 Å². The standard InChI is InChI=1S/C17H19F3N2O/c1-11-13(16(23)7-8-17(18,19)20)5-6-15-14(11)10-22(21-15)9-12-3-2-4-12/h5-6,10,12H,2-4,7-9H2,1H3. The molecule has 124 valence electrons. The zero-order valence-corrected chi connectivity index (χ0v) is 13.0. The molecule has 0 radical (unpaired) electrons. The van der Waals surface area contributed by atoms with Crippen molar-refractivity contribution in [3.05, 3.63) is 29.5 Å². The van der Waals surface area contributed by atoms with E-state index in [2.05, 4.69) is 5.10 Å². The summed E-state index contributed by atoms with van der Waals surface area (Å²) >= 11 is 0. The predicted octanol–water partition coefficient (Wildman–Crippen LogP) is 4.67. The Morgan fingerprint density at radius 1 is 1.35 bits per heavy atom. The number of halogens is 3. The maximum atomic E-state index is 12.3. The molecule has 23 heavy (non-hydrogen) atoms. The molecule has 2 aromatic rings. The predicted molar refractivity (Wildman–Crippen MR) is 81.4 cm³/mol. The number of ketones is 1. The number of fused-ring (bicyclic) bond motifs is 1. The van der Waals surface area contributed by atoms with Crippen molar-refractivity contribution in [2.24, 2.45) is 5.92 Å². The number of hydrogen-bond acceptors (Lipinski definition) is 2. The first-order chi connectivity index (χ1) is 10.8. The molecule has 1 fully saturated rings. The van der Waals surface area contributed by atoms with Crippen molar-refractivity contribution in [2.45, 2.75) is 51.7 Å². The fraction of sp³-hybridized carbons (Fsp3) is 0.529. The Morgan fingerprint density at radius 3 is 2.70 bits per heavy atom. The van der Waals surface area contributed by atoms with Crippen molar-refractivity contribution in [3.63, 3.8) is 0 Å². The Labute approximate surface area is 132 Å². The van der Waals surface area contributed by atoms with Gasteiger partial charge in [0.05, 0.1) is 11.9 Å². The first kappa shape index (κ1) is 16.0. The first-order valence-corrected chi connectivity index (χ1v) is 7.90. The van der Waals surface area contributed by atoms with Crippen molar-refractivity contribution in [2.75, 3.05) is 0 Å². The maximum Gasteiger partial charge on any atom is 0.389 e. The van der Waals surface area contributed by atoms with Gasteiger partial charge in [0.25, 0.3) is 0 Å². The van der Waals surface area contributed by atoms with E-state index in [0.717, 1.165) is 23.0 Å². The highest BCUT2D eigenvalue weighted by Gasteiger charge is 2.28. The summed E-state index contributed by atoms with van der Waals surface area (Å²) < 4.78 is 38.7. The number of nitrogens with zero attached hydrogens (tertiary/aromatic N) is 2. The lowest BCUT2D eigenvalue weighted by atomic mass is 9.85. The maximum absolute atomic E-state index is 12.3. The number of aryl methyl sites for hydroxylation is 1. The van der Waals surface area contributed by atoms with E-state index in [-0.39, 0.29) is 0 Å². The van der Waals surface area contributed by atoms with Gasteiger partial charge in [-0.3, -0.25) is 9.48 Å². The van der Waals surface area contributed by atoms with Gasteiger partial charge in [0.1, 0.15) is 0 Å². The van der Waals surface area contributed by atoms with Crippen LogP contribution in [0.15, 0.2) is 18.3 Å². The van der Waals surface area contributed by atoms with E-state index >= 15 is 0 Å². The normalized spacial score (nSPS) is 15.8. The van der Waals surface area contributed by atoms with Gasteiger partial charge in [-0.2, -0.15) is 18.3 Å². The number of alkyl halides is 3. The Balaban J connectivity index is 1.81. The largest absolute Gasteiger partial charge is 0.389 e. The van der Waals surface area contributed by atoms with Gasteiger partial charge in [-0.25, -0.2) is 0 Å². The number of aromatic nitrogens is 2. The molecular formula is C17H19F3N2O. The van der Waals surface area contributed by atoms with Gasteiger partial charge in [-0.05, 0) is 43.4 Å². The smallest absolute Gasteiger partial charge is 0.294 e. The van der Waals surface area contributed by atoms with Crippen LogP contribution in [0, 0.1) is 12.8 Å². The van der Waals surface area contributed by atoms with Crippen LogP contribution in [0.3, 0.4) is 0 Å². The van der Waals surface area contributed by atoms with E-state index in [1.54, 1.807) is 19.1 Å². The minimum Gasteiger partial charge on any atom is -0.294 e. The molecule has 0 unspecified atom stereocenters. The fourth-order valence-electron chi connectivity index (χ4n) is 3.01. The molecule has 0 aliphatic heterocycles. The van der Waals surface area contributed by atoms with Gasteiger partial charge in [0.15, 0.2) is 5.78 Å². The molecule has 0 atom stereocenters. The van der Waals surface area contributed by atoms with Crippen LogP contribution in [0.5, 0.6) is 0 Å². The third-order valence-corrected chi connectivity index (χ3v) is 4.61. The lowest BCUT2D eigenvalue weighted by Gasteiger charge is -2.24. The summed E-state index contributed by atoms with van der Waals surface area (Å²) in [5.74, 6) is 0.200. The fourth-order valence-corrected chi connectivity index (χ4v) is 3.01. The first-order valence-electron chi connectivity index (χ1n) is 7.90. The summed E-state index contributed by atoms with van der Waals surface area (Å²) in [6, 6.07) is 3.32. The summed E-state index contributed by atoms with van der Waals surface area (Å²) in [6.45, 7) is 2.64.